The highest BCUT2D eigenvalue weighted by molar-refractivity contribution is 4.69. The van der Waals surface area contributed by atoms with Crippen LogP contribution in [0.25, 0.3) is 0 Å². The van der Waals surface area contributed by atoms with Crippen LogP contribution >= 0.6 is 0 Å². The second kappa shape index (κ2) is 4.86. The third kappa shape index (κ3) is 4.00. The fourth-order valence-corrected chi connectivity index (χ4v) is 1.61. The molecule has 1 rings (SSSR count). The van der Waals surface area contributed by atoms with Crippen molar-refractivity contribution in [2.45, 2.75) is 31.6 Å². The van der Waals surface area contributed by atoms with E-state index in [4.69, 9.17) is 10.5 Å². The Balaban J connectivity index is 2.06. The zero-order valence-electron chi connectivity index (χ0n) is 7.77. The van der Waals surface area contributed by atoms with Crippen molar-refractivity contribution < 1.29 is 13.5 Å². The third-order valence-corrected chi connectivity index (χ3v) is 2.44. The highest BCUT2D eigenvalue weighted by Crippen LogP contribution is 2.25. The van der Waals surface area contributed by atoms with E-state index in [-0.39, 0.29) is 0 Å². The van der Waals surface area contributed by atoms with Crippen LogP contribution in [0.2, 0.25) is 0 Å². The first kappa shape index (κ1) is 10.9. The van der Waals surface area contributed by atoms with Crippen LogP contribution in [0.1, 0.15) is 25.7 Å². The largest absolute Gasteiger partial charge is 0.375 e. The topological polar surface area (TPSA) is 35.2 Å². The van der Waals surface area contributed by atoms with Crippen molar-refractivity contribution in [2.75, 3.05) is 19.8 Å². The van der Waals surface area contributed by atoms with Crippen LogP contribution in [-0.2, 0) is 4.74 Å². The lowest BCUT2D eigenvalue weighted by Gasteiger charge is -2.15. The van der Waals surface area contributed by atoms with Gasteiger partial charge in [0.05, 0.1) is 6.54 Å². The first-order valence-electron chi connectivity index (χ1n) is 4.80. The average Bonchev–Trinajstić information content (AvgIpc) is 2.57. The van der Waals surface area contributed by atoms with Gasteiger partial charge in [-0.2, -0.15) is 0 Å². The third-order valence-electron chi connectivity index (χ3n) is 2.44. The standard InChI is InChI=1S/C9H17F2NO/c10-9(11,6-12)7-13-5-8-3-1-2-4-8/h8H,1-7,12H2. The van der Waals surface area contributed by atoms with Crippen LogP contribution in [0.5, 0.6) is 0 Å². The zero-order valence-corrected chi connectivity index (χ0v) is 7.77. The molecule has 0 heterocycles. The van der Waals surface area contributed by atoms with Gasteiger partial charge in [-0.25, -0.2) is 8.78 Å². The molecule has 0 radical (unpaired) electrons. The molecule has 0 unspecified atom stereocenters. The number of alkyl halides is 2. The Kier molecular flexibility index (Phi) is 4.06. The minimum Gasteiger partial charge on any atom is -0.375 e. The minimum atomic E-state index is -2.85. The number of hydrogen-bond acceptors (Lipinski definition) is 2. The summed E-state index contributed by atoms with van der Waals surface area (Å²) in [5, 5.41) is 0. The van der Waals surface area contributed by atoms with Crippen LogP contribution in [0.15, 0.2) is 0 Å². The SMILES string of the molecule is NCC(F)(F)COCC1CCCC1. The van der Waals surface area contributed by atoms with Gasteiger partial charge in [0.15, 0.2) is 0 Å². The molecule has 2 nitrogen and oxygen atoms in total. The molecule has 2 N–H and O–H groups in total. The van der Waals surface area contributed by atoms with E-state index in [9.17, 15) is 8.78 Å². The Hall–Kier alpha value is -0.220. The Labute approximate surface area is 77.4 Å². The molecule has 0 aromatic carbocycles. The number of hydrogen-bond donors (Lipinski definition) is 1. The summed E-state index contributed by atoms with van der Waals surface area (Å²) >= 11 is 0. The summed E-state index contributed by atoms with van der Waals surface area (Å²) in [7, 11) is 0. The van der Waals surface area contributed by atoms with Gasteiger partial charge in [0.2, 0.25) is 0 Å². The van der Waals surface area contributed by atoms with Crippen molar-refractivity contribution in [3.63, 3.8) is 0 Å². The molecule has 1 aliphatic rings. The average molecular weight is 193 g/mol. The quantitative estimate of drug-likeness (QED) is 0.722. The molecular formula is C9H17F2NO. The molecule has 0 bridgehead atoms. The van der Waals surface area contributed by atoms with E-state index in [1.54, 1.807) is 0 Å². The fraction of sp³-hybridized carbons (Fsp3) is 1.00. The van der Waals surface area contributed by atoms with Gasteiger partial charge in [-0.15, -0.1) is 0 Å². The van der Waals surface area contributed by atoms with E-state index in [2.05, 4.69) is 0 Å². The normalized spacial score (nSPS) is 19.6. The maximum absolute atomic E-state index is 12.6. The van der Waals surface area contributed by atoms with Gasteiger partial charge in [0, 0.05) is 6.61 Å². The Morgan fingerprint density at radius 2 is 1.92 bits per heavy atom. The lowest BCUT2D eigenvalue weighted by molar-refractivity contribution is -0.0754. The predicted octanol–water partition coefficient (Wildman–Crippen LogP) is 1.79. The molecule has 0 aromatic rings. The van der Waals surface area contributed by atoms with Crippen molar-refractivity contribution in [1.82, 2.24) is 0 Å². The molecule has 0 amide bonds. The number of nitrogens with two attached hydrogens (primary N) is 1. The first-order chi connectivity index (χ1) is 6.14. The summed E-state index contributed by atoms with van der Waals surface area (Å²) in [5.41, 5.74) is 4.87. The van der Waals surface area contributed by atoms with Gasteiger partial charge in [-0.3, -0.25) is 0 Å². The molecule has 0 aromatic heterocycles. The van der Waals surface area contributed by atoms with Gasteiger partial charge in [0.25, 0.3) is 5.92 Å². The van der Waals surface area contributed by atoms with E-state index in [0.717, 1.165) is 12.8 Å². The van der Waals surface area contributed by atoms with E-state index in [0.29, 0.717) is 12.5 Å². The Morgan fingerprint density at radius 3 is 2.46 bits per heavy atom. The second-order valence-electron chi connectivity index (χ2n) is 3.73. The molecule has 0 aliphatic heterocycles. The fourth-order valence-electron chi connectivity index (χ4n) is 1.61. The summed E-state index contributed by atoms with van der Waals surface area (Å²) < 4.78 is 30.1. The van der Waals surface area contributed by atoms with Crippen molar-refractivity contribution in [1.29, 1.82) is 0 Å². The smallest absolute Gasteiger partial charge is 0.282 e. The van der Waals surface area contributed by atoms with Gasteiger partial charge in [-0.05, 0) is 18.8 Å². The van der Waals surface area contributed by atoms with Gasteiger partial charge in [-0.1, -0.05) is 12.8 Å². The van der Waals surface area contributed by atoms with Crippen molar-refractivity contribution in [3.05, 3.63) is 0 Å². The number of rotatable bonds is 5. The molecule has 1 aliphatic carbocycles. The summed E-state index contributed by atoms with van der Waals surface area (Å²) in [6.07, 6.45) is 4.66. The molecular weight excluding hydrogens is 176 g/mol. The summed E-state index contributed by atoms with van der Waals surface area (Å²) in [6, 6.07) is 0. The van der Waals surface area contributed by atoms with E-state index >= 15 is 0 Å². The van der Waals surface area contributed by atoms with E-state index in [1.165, 1.54) is 12.8 Å². The summed E-state index contributed by atoms with van der Waals surface area (Å²) in [4.78, 5) is 0. The molecule has 0 saturated heterocycles. The van der Waals surface area contributed by atoms with Crippen molar-refractivity contribution in [3.8, 4) is 0 Å². The monoisotopic (exact) mass is 193 g/mol. The maximum atomic E-state index is 12.6. The molecule has 1 fully saturated rings. The summed E-state index contributed by atoms with van der Waals surface area (Å²) in [5.74, 6) is -2.35. The maximum Gasteiger partial charge on any atom is 0.282 e. The van der Waals surface area contributed by atoms with Crippen molar-refractivity contribution in [2.24, 2.45) is 11.7 Å². The molecule has 4 heteroatoms. The van der Waals surface area contributed by atoms with Crippen LogP contribution in [0.3, 0.4) is 0 Å². The highest BCUT2D eigenvalue weighted by Gasteiger charge is 2.27. The van der Waals surface area contributed by atoms with Crippen LogP contribution in [0.4, 0.5) is 8.78 Å². The van der Waals surface area contributed by atoms with Crippen LogP contribution < -0.4 is 5.73 Å². The highest BCUT2D eigenvalue weighted by atomic mass is 19.3. The zero-order chi connectivity index (χ0) is 9.73. The van der Waals surface area contributed by atoms with Crippen molar-refractivity contribution >= 4 is 0 Å². The number of ether oxygens (including phenoxy) is 1. The molecule has 1 saturated carbocycles. The van der Waals surface area contributed by atoms with E-state index < -0.39 is 19.1 Å². The van der Waals surface area contributed by atoms with Gasteiger partial charge in [0.1, 0.15) is 6.61 Å². The lowest BCUT2D eigenvalue weighted by Crippen LogP contribution is -2.33. The minimum absolute atomic E-state index is 0.468. The van der Waals surface area contributed by atoms with Crippen LogP contribution in [0, 0.1) is 5.92 Å². The molecule has 0 spiro atoms. The number of halogens is 2. The van der Waals surface area contributed by atoms with Gasteiger partial charge < -0.3 is 10.5 Å². The molecule has 0 atom stereocenters. The van der Waals surface area contributed by atoms with Crippen LogP contribution in [-0.4, -0.2) is 25.7 Å². The predicted molar refractivity (Wildman–Crippen MR) is 46.8 cm³/mol. The molecule has 78 valence electrons. The van der Waals surface area contributed by atoms with Gasteiger partial charge >= 0.3 is 0 Å². The van der Waals surface area contributed by atoms with E-state index in [1.807, 2.05) is 0 Å². The Morgan fingerprint density at radius 1 is 1.31 bits per heavy atom. The Bertz CT molecular complexity index is 147. The molecule has 13 heavy (non-hydrogen) atoms. The first-order valence-corrected chi connectivity index (χ1v) is 4.80. The second-order valence-corrected chi connectivity index (χ2v) is 3.73. The lowest BCUT2D eigenvalue weighted by atomic mass is 10.1. The summed E-state index contributed by atoms with van der Waals surface area (Å²) in [6.45, 7) is -0.687.